The number of phenols is 1. The van der Waals surface area contributed by atoms with Gasteiger partial charge in [-0.1, -0.05) is 12.1 Å². The highest BCUT2D eigenvalue weighted by atomic mass is 16.5. The number of carbonyl (C=O) groups excluding carboxylic acids is 1. The second-order valence-electron chi connectivity index (χ2n) is 4.36. The smallest absolute Gasteiger partial charge is 0.306 e. The third kappa shape index (κ3) is 3.23. The number of carbonyl (C=O) groups is 2. The Morgan fingerprint density at radius 3 is 2.79 bits per heavy atom. The molecule has 19 heavy (non-hydrogen) atoms. The summed E-state index contributed by atoms with van der Waals surface area (Å²) in [5.41, 5.74) is 0.221. The summed E-state index contributed by atoms with van der Waals surface area (Å²) >= 11 is 0. The first-order chi connectivity index (χ1) is 9.08. The monoisotopic (exact) mass is 265 g/mol. The van der Waals surface area contributed by atoms with E-state index in [-0.39, 0.29) is 30.2 Å². The van der Waals surface area contributed by atoms with E-state index in [2.05, 4.69) is 0 Å². The number of phenolic OH excluding ortho intramolecular Hbond substituents is 1. The van der Waals surface area contributed by atoms with Crippen LogP contribution in [0.2, 0.25) is 0 Å². The van der Waals surface area contributed by atoms with Crippen molar-refractivity contribution in [2.45, 2.75) is 12.5 Å². The number of rotatable bonds is 3. The standard InChI is InChI=1S/C13H15NO5/c15-11-4-2-1-3-10(11)13(18)14-5-6-19-9(8-14)7-12(16)17/h1-4,9,15H,5-8H2,(H,16,17). The largest absolute Gasteiger partial charge is 0.507 e. The van der Waals surface area contributed by atoms with Crippen LogP contribution < -0.4 is 0 Å². The summed E-state index contributed by atoms with van der Waals surface area (Å²) in [6, 6.07) is 6.29. The van der Waals surface area contributed by atoms with Crippen LogP contribution in [-0.4, -0.2) is 52.8 Å². The average Bonchev–Trinajstić information content (AvgIpc) is 2.38. The fraction of sp³-hybridized carbons (Fsp3) is 0.385. The van der Waals surface area contributed by atoms with Crippen LogP contribution in [0.25, 0.3) is 0 Å². The molecule has 1 atom stereocenters. The maximum absolute atomic E-state index is 12.2. The molecule has 1 aliphatic rings. The lowest BCUT2D eigenvalue weighted by atomic mass is 10.1. The molecule has 0 aliphatic carbocycles. The minimum Gasteiger partial charge on any atom is -0.507 e. The lowest BCUT2D eigenvalue weighted by Gasteiger charge is -2.32. The second kappa shape index (κ2) is 5.71. The van der Waals surface area contributed by atoms with E-state index in [4.69, 9.17) is 9.84 Å². The van der Waals surface area contributed by atoms with Crippen molar-refractivity contribution in [1.82, 2.24) is 4.90 Å². The first-order valence-electron chi connectivity index (χ1n) is 5.98. The molecule has 1 aromatic carbocycles. The van der Waals surface area contributed by atoms with Gasteiger partial charge in [0, 0.05) is 13.1 Å². The molecule has 0 spiro atoms. The number of para-hydroxylation sites is 1. The lowest BCUT2D eigenvalue weighted by molar-refractivity contribution is -0.141. The van der Waals surface area contributed by atoms with Gasteiger partial charge < -0.3 is 19.8 Å². The Bertz CT molecular complexity index is 488. The van der Waals surface area contributed by atoms with Gasteiger partial charge in [0.15, 0.2) is 0 Å². The van der Waals surface area contributed by atoms with Crippen LogP contribution in [0.3, 0.4) is 0 Å². The van der Waals surface area contributed by atoms with E-state index in [1.54, 1.807) is 18.2 Å². The third-order valence-corrected chi connectivity index (χ3v) is 2.96. The van der Waals surface area contributed by atoms with E-state index in [0.717, 1.165) is 0 Å². The Kier molecular flexibility index (Phi) is 4.01. The average molecular weight is 265 g/mol. The first kappa shape index (κ1) is 13.4. The van der Waals surface area contributed by atoms with Crippen molar-refractivity contribution in [1.29, 1.82) is 0 Å². The fourth-order valence-corrected chi connectivity index (χ4v) is 2.05. The van der Waals surface area contributed by atoms with Crippen molar-refractivity contribution >= 4 is 11.9 Å². The Labute approximate surface area is 110 Å². The normalized spacial score (nSPS) is 19.2. The van der Waals surface area contributed by atoms with Gasteiger partial charge in [-0.2, -0.15) is 0 Å². The van der Waals surface area contributed by atoms with Gasteiger partial charge in [-0.15, -0.1) is 0 Å². The minimum atomic E-state index is -0.957. The van der Waals surface area contributed by atoms with Gasteiger partial charge >= 0.3 is 5.97 Å². The molecule has 6 heteroatoms. The summed E-state index contributed by atoms with van der Waals surface area (Å²) in [5, 5.41) is 18.4. The fourth-order valence-electron chi connectivity index (χ4n) is 2.05. The molecule has 0 aromatic heterocycles. The van der Waals surface area contributed by atoms with Crippen LogP contribution in [0, 0.1) is 0 Å². The summed E-state index contributed by atoms with van der Waals surface area (Å²) in [7, 11) is 0. The quantitative estimate of drug-likeness (QED) is 0.840. The molecule has 0 radical (unpaired) electrons. The van der Waals surface area contributed by atoms with E-state index >= 15 is 0 Å². The van der Waals surface area contributed by atoms with Crippen molar-refractivity contribution in [3.8, 4) is 5.75 Å². The molecule has 1 fully saturated rings. The predicted octanol–water partition coefficient (Wildman–Crippen LogP) is 0.708. The molecular weight excluding hydrogens is 250 g/mol. The molecule has 1 amide bonds. The van der Waals surface area contributed by atoms with Crippen molar-refractivity contribution in [2.24, 2.45) is 0 Å². The molecule has 102 valence electrons. The highest BCUT2D eigenvalue weighted by Crippen LogP contribution is 2.19. The summed E-state index contributed by atoms with van der Waals surface area (Å²) < 4.78 is 5.30. The van der Waals surface area contributed by atoms with E-state index in [0.29, 0.717) is 13.2 Å². The number of benzene rings is 1. The molecule has 1 heterocycles. The molecule has 6 nitrogen and oxygen atoms in total. The number of carboxylic acids is 1. The summed E-state index contributed by atoms with van der Waals surface area (Å²) in [4.78, 5) is 24.4. The number of aliphatic carboxylic acids is 1. The van der Waals surface area contributed by atoms with Gasteiger partial charge in [0.2, 0.25) is 0 Å². The summed E-state index contributed by atoms with van der Waals surface area (Å²) in [5.74, 6) is -1.34. The lowest BCUT2D eigenvalue weighted by Crippen LogP contribution is -2.46. The Balaban J connectivity index is 2.07. The van der Waals surface area contributed by atoms with Gasteiger partial charge in [-0.3, -0.25) is 9.59 Å². The molecule has 0 bridgehead atoms. The maximum atomic E-state index is 12.2. The van der Waals surface area contributed by atoms with Crippen LogP contribution in [-0.2, 0) is 9.53 Å². The Morgan fingerprint density at radius 1 is 1.37 bits per heavy atom. The van der Waals surface area contributed by atoms with E-state index in [1.807, 2.05) is 0 Å². The van der Waals surface area contributed by atoms with Crippen LogP contribution in [0.1, 0.15) is 16.8 Å². The number of hydrogen-bond acceptors (Lipinski definition) is 4. The zero-order valence-electron chi connectivity index (χ0n) is 10.3. The van der Waals surface area contributed by atoms with Crippen molar-refractivity contribution in [3.63, 3.8) is 0 Å². The highest BCUT2D eigenvalue weighted by Gasteiger charge is 2.27. The number of aromatic hydroxyl groups is 1. The molecule has 2 N–H and O–H groups in total. The van der Waals surface area contributed by atoms with Crippen LogP contribution in [0.4, 0.5) is 0 Å². The van der Waals surface area contributed by atoms with Crippen molar-refractivity contribution in [2.75, 3.05) is 19.7 Å². The third-order valence-electron chi connectivity index (χ3n) is 2.96. The number of amides is 1. The molecule has 0 saturated carbocycles. The summed E-state index contributed by atoms with van der Waals surface area (Å²) in [6.07, 6.45) is -0.633. The molecular formula is C13H15NO5. The number of carboxylic acid groups (broad SMARTS) is 1. The van der Waals surface area contributed by atoms with Gasteiger partial charge in [-0.25, -0.2) is 0 Å². The highest BCUT2D eigenvalue weighted by molar-refractivity contribution is 5.96. The predicted molar refractivity (Wildman–Crippen MR) is 66.0 cm³/mol. The number of morpholine rings is 1. The molecule has 1 saturated heterocycles. The van der Waals surface area contributed by atoms with Gasteiger partial charge in [0.05, 0.1) is 24.7 Å². The number of ether oxygens (including phenoxy) is 1. The molecule has 1 aliphatic heterocycles. The van der Waals surface area contributed by atoms with Crippen molar-refractivity contribution < 1.29 is 24.5 Å². The van der Waals surface area contributed by atoms with E-state index < -0.39 is 12.1 Å². The molecule has 2 rings (SSSR count). The Morgan fingerprint density at radius 2 is 2.11 bits per heavy atom. The number of nitrogens with zero attached hydrogens (tertiary/aromatic N) is 1. The summed E-state index contributed by atoms with van der Waals surface area (Å²) in [6.45, 7) is 0.917. The maximum Gasteiger partial charge on any atom is 0.306 e. The van der Waals surface area contributed by atoms with Gasteiger partial charge in [0.25, 0.3) is 5.91 Å². The van der Waals surface area contributed by atoms with Crippen LogP contribution in [0.15, 0.2) is 24.3 Å². The zero-order chi connectivity index (χ0) is 13.8. The number of hydrogen-bond donors (Lipinski definition) is 2. The SMILES string of the molecule is O=C(O)CC1CN(C(=O)c2ccccc2O)CCO1. The van der Waals surface area contributed by atoms with Gasteiger partial charge in [0.1, 0.15) is 5.75 Å². The zero-order valence-corrected chi connectivity index (χ0v) is 10.3. The first-order valence-corrected chi connectivity index (χ1v) is 5.98. The second-order valence-corrected chi connectivity index (χ2v) is 4.36. The topological polar surface area (TPSA) is 87.1 Å². The molecule has 1 aromatic rings. The van der Waals surface area contributed by atoms with Crippen LogP contribution in [0.5, 0.6) is 5.75 Å². The van der Waals surface area contributed by atoms with E-state index in [9.17, 15) is 14.7 Å². The van der Waals surface area contributed by atoms with Crippen LogP contribution >= 0.6 is 0 Å². The molecule has 1 unspecified atom stereocenters. The van der Waals surface area contributed by atoms with E-state index in [1.165, 1.54) is 11.0 Å². The van der Waals surface area contributed by atoms with Gasteiger partial charge in [-0.05, 0) is 12.1 Å². The Hall–Kier alpha value is -2.08. The van der Waals surface area contributed by atoms with Crippen molar-refractivity contribution in [3.05, 3.63) is 29.8 Å². The minimum absolute atomic E-state index is 0.0752.